The molecule has 0 aliphatic heterocycles. The van der Waals surface area contributed by atoms with Crippen LogP contribution in [0.3, 0.4) is 0 Å². The van der Waals surface area contributed by atoms with E-state index in [0.717, 1.165) is 41.0 Å². The number of pyridine rings is 1. The van der Waals surface area contributed by atoms with Crippen molar-refractivity contribution in [2.75, 3.05) is 7.11 Å². The highest BCUT2D eigenvalue weighted by atomic mass is 16.5. The first-order chi connectivity index (χ1) is 12.1. The normalized spacial score (nSPS) is 13.4. The Kier molecular flexibility index (Phi) is 5.22. The number of methoxy groups -OCH3 is 1. The SMILES string of the molecule is COc1ccc(CN(C(=O)NCc2cnc(C)cc2C)C2CC2)cc1. The van der Waals surface area contributed by atoms with E-state index in [2.05, 4.69) is 10.3 Å². The molecule has 0 atom stereocenters. The topological polar surface area (TPSA) is 54.5 Å². The second-order valence-corrected chi connectivity index (χ2v) is 6.62. The van der Waals surface area contributed by atoms with Crippen LogP contribution in [-0.4, -0.2) is 29.1 Å². The van der Waals surface area contributed by atoms with Crippen molar-refractivity contribution in [3.63, 3.8) is 0 Å². The Morgan fingerprint density at radius 1 is 1.28 bits per heavy atom. The lowest BCUT2D eigenvalue weighted by Gasteiger charge is -2.23. The van der Waals surface area contributed by atoms with Crippen molar-refractivity contribution in [1.29, 1.82) is 0 Å². The molecule has 1 N–H and O–H groups in total. The lowest BCUT2D eigenvalue weighted by Crippen LogP contribution is -2.40. The smallest absolute Gasteiger partial charge is 0.318 e. The number of amides is 2. The molecule has 0 spiro atoms. The highest BCUT2D eigenvalue weighted by Gasteiger charge is 2.32. The minimum absolute atomic E-state index is 0.0155. The Labute approximate surface area is 149 Å². The highest BCUT2D eigenvalue weighted by molar-refractivity contribution is 5.75. The standard InChI is InChI=1S/C20H25N3O2/c1-14-10-15(2)21-11-17(14)12-22-20(24)23(18-6-7-18)13-16-4-8-19(25-3)9-5-16/h4-5,8-11,18H,6-7,12-13H2,1-3H3,(H,22,24). The van der Waals surface area contributed by atoms with E-state index >= 15 is 0 Å². The van der Waals surface area contributed by atoms with Gasteiger partial charge in [0.05, 0.1) is 7.11 Å². The zero-order chi connectivity index (χ0) is 17.8. The van der Waals surface area contributed by atoms with Crippen LogP contribution in [0.5, 0.6) is 5.75 Å². The fourth-order valence-electron chi connectivity index (χ4n) is 2.86. The molecule has 0 radical (unpaired) electrons. The van der Waals surface area contributed by atoms with E-state index in [1.807, 2.05) is 55.3 Å². The minimum Gasteiger partial charge on any atom is -0.497 e. The summed E-state index contributed by atoms with van der Waals surface area (Å²) in [6.45, 7) is 5.14. The molecule has 1 heterocycles. The number of nitrogens with zero attached hydrogens (tertiary/aromatic N) is 2. The first kappa shape index (κ1) is 17.3. The maximum atomic E-state index is 12.7. The Bertz CT molecular complexity index is 739. The summed E-state index contributed by atoms with van der Waals surface area (Å²) in [7, 11) is 1.65. The molecule has 5 heteroatoms. The van der Waals surface area contributed by atoms with E-state index in [0.29, 0.717) is 19.1 Å². The number of ether oxygens (including phenoxy) is 1. The number of carbonyl (C=O) groups is 1. The van der Waals surface area contributed by atoms with Crippen LogP contribution in [-0.2, 0) is 13.1 Å². The molecule has 1 fully saturated rings. The summed E-state index contributed by atoms with van der Waals surface area (Å²) < 4.78 is 5.19. The molecule has 1 saturated carbocycles. The summed E-state index contributed by atoms with van der Waals surface area (Å²) in [4.78, 5) is 18.9. The average molecular weight is 339 g/mol. The molecule has 2 amide bonds. The Hall–Kier alpha value is -2.56. The largest absolute Gasteiger partial charge is 0.497 e. The van der Waals surface area contributed by atoms with Gasteiger partial charge in [-0.1, -0.05) is 12.1 Å². The third kappa shape index (κ3) is 4.50. The molecule has 1 aromatic carbocycles. The van der Waals surface area contributed by atoms with Crippen LogP contribution in [0.15, 0.2) is 36.5 Å². The molecule has 0 unspecified atom stereocenters. The number of hydrogen-bond donors (Lipinski definition) is 1. The van der Waals surface area contributed by atoms with Gasteiger partial charge in [-0.05, 0) is 61.6 Å². The fourth-order valence-corrected chi connectivity index (χ4v) is 2.86. The third-order valence-electron chi connectivity index (χ3n) is 4.55. The number of benzene rings is 1. The third-order valence-corrected chi connectivity index (χ3v) is 4.55. The number of aryl methyl sites for hydroxylation is 2. The molecule has 0 bridgehead atoms. The van der Waals surface area contributed by atoms with E-state index < -0.39 is 0 Å². The van der Waals surface area contributed by atoms with Gasteiger partial charge in [-0.15, -0.1) is 0 Å². The lowest BCUT2D eigenvalue weighted by atomic mass is 10.1. The van der Waals surface area contributed by atoms with Crippen molar-refractivity contribution in [2.24, 2.45) is 0 Å². The quantitative estimate of drug-likeness (QED) is 0.875. The molecule has 1 aromatic heterocycles. The van der Waals surface area contributed by atoms with E-state index in [-0.39, 0.29) is 6.03 Å². The van der Waals surface area contributed by atoms with Crippen LogP contribution in [0.1, 0.15) is 35.2 Å². The highest BCUT2D eigenvalue weighted by Crippen LogP contribution is 2.28. The Balaban J connectivity index is 1.62. The maximum absolute atomic E-state index is 12.7. The summed E-state index contributed by atoms with van der Waals surface area (Å²) in [5.41, 5.74) is 4.31. The predicted octanol–water partition coefficient (Wildman–Crippen LogP) is 3.58. The summed E-state index contributed by atoms with van der Waals surface area (Å²) in [6, 6.07) is 10.2. The van der Waals surface area contributed by atoms with Crippen LogP contribution in [0.25, 0.3) is 0 Å². The van der Waals surface area contributed by atoms with Crippen molar-refractivity contribution in [1.82, 2.24) is 15.2 Å². The second kappa shape index (κ2) is 7.55. The lowest BCUT2D eigenvalue weighted by molar-refractivity contribution is 0.191. The van der Waals surface area contributed by atoms with Crippen LogP contribution < -0.4 is 10.1 Å². The fraction of sp³-hybridized carbons (Fsp3) is 0.400. The van der Waals surface area contributed by atoms with Gasteiger partial charge in [0.1, 0.15) is 5.75 Å². The molecule has 5 nitrogen and oxygen atoms in total. The minimum atomic E-state index is -0.0155. The van der Waals surface area contributed by atoms with Crippen molar-refractivity contribution in [2.45, 2.75) is 45.8 Å². The van der Waals surface area contributed by atoms with Crippen LogP contribution in [0.2, 0.25) is 0 Å². The van der Waals surface area contributed by atoms with Gasteiger partial charge in [-0.2, -0.15) is 0 Å². The summed E-state index contributed by atoms with van der Waals surface area (Å²) in [5.74, 6) is 0.827. The Morgan fingerprint density at radius 2 is 2.00 bits per heavy atom. The van der Waals surface area contributed by atoms with Crippen molar-refractivity contribution in [3.05, 3.63) is 58.9 Å². The summed E-state index contributed by atoms with van der Waals surface area (Å²) in [6.07, 6.45) is 4.00. The Morgan fingerprint density at radius 3 is 2.60 bits per heavy atom. The van der Waals surface area contributed by atoms with Crippen molar-refractivity contribution in [3.8, 4) is 5.75 Å². The second-order valence-electron chi connectivity index (χ2n) is 6.62. The number of carbonyl (C=O) groups excluding carboxylic acids is 1. The first-order valence-corrected chi connectivity index (χ1v) is 8.66. The van der Waals surface area contributed by atoms with Gasteiger partial charge in [-0.25, -0.2) is 4.79 Å². The van der Waals surface area contributed by atoms with Gasteiger partial charge in [-0.3, -0.25) is 4.98 Å². The summed E-state index contributed by atoms with van der Waals surface area (Å²) in [5, 5.41) is 3.05. The number of nitrogens with one attached hydrogen (secondary N) is 1. The number of rotatable bonds is 6. The molecule has 0 saturated heterocycles. The van der Waals surface area contributed by atoms with Crippen molar-refractivity contribution < 1.29 is 9.53 Å². The van der Waals surface area contributed by atoms with Crippen LogP contribution >= 0.6 is 0 Å². The molecule has 1 aliphatic rings. The first-order valence-electron chi connectivity index (χ1n) is 8.66. The van der Waals surface area contributed by atoms with Gasteiger partial charge in [0.25, 0.3) is 0 Å². The zero-order valence-electron chi connectivity index (χ0n) is 15.1. The molecular formula is C20H25N3O2. The van der Waals surface area contributed by atoms with Crippen LogP contribution in [0, 0.1) is 13.8 Å². The van der Waals surface area contributed by atoms with Gasteiger partial charge < -0.3 is 15.0 Å². The van der Waals surface area contributed by atoms with Gasteiger partial charge in [0.2, 0.25) is 0 Å². The number of hydrogen-bond acceptors (Lipinski definition) is 3. The summed E-state index contributed by atoms with van der Waals surface area (Å²) >= 11 is 0. The molecule has 1 aliphatic carbocycles. The monoisotopic (exact) mass is 339 g/mol. The molecule has 2 aromatic rings. The number of aromatic nitrogens is 1. The van der Waals surface area contributed by atoms with Crippen LogP contribution in [0.4, 0.5) is 4.79 Å². The maximum Gasteiger partial charge on any atom is 0.318 e. The molecule has 3 rings (SSSR count). The zero-order valence-corrected chi connectivity index (χ0v) is 15.1. The number of urea groups is 1. The van der Waals surface area contributed by atoms with Gasteiger partial charge >= 0.3 is 6.03 Å². The molecule has 25 heavy (non-hydrogen) atoms. The average Bonchev–Trinajstić information content (AvgIpc) is 3.44. The molecule has 132 valence electrons. The van der Waals surface area contributed by atoms with E-state index in [4.69, 9.17) is 4.74 Å². The van der Waals surface area contributed by atoms with Gasteiger partial charge in [0.15, 0.2) is 0 Å². The predicted molar refractivity (Wildman–Crippen MR) is 97.5 cm³/mol. The van der Waals surface area contributed by atoms with Crippen molar-refractivity contribution >= 4 is 6.03 Å². The van der Waals surface area contributed by atoms with E-state index in [1.165, 1.54) is 0 Å². The van der Waals surface area contributed by atoms with Gasteiger partial charge in [0, 0.05) is 31.0 Å². The van der Waals surface area contributed by atoms with E-state index in [9.17, 15) is 4.79 Å². The van der Waals surface area contributed by atoms with E-state index in [1.54, 1.807) is 7.11 Å². The molecular weight excluding hydrogens is 314 g/mol.